The molecule has 1 fully saturated rings. The van der Waals surface area contributed by atoms with Crippen LogP contribution >= 0.6 is 0 Å². The maximum Gasteiger partial charge on any atom is 0.173 e. The quantitative estimate of drug-likeness (QED) is 0.688. The predicted octanol–water partition coefficient (Wildman–Crippen LogP) is 1.19. The molecule has 0 saturated carbocycles. The number of aliphatic hydroxyl groups excluding tert-OH is 2. The van der Waals surface area contributed by atoms with E-state index < -0.39 is 30.6 Å². The van der Waals surface area contributed by atoms with E-state index in [1.807, 2.05) is 60.7 Å². The number of hydrogen-bond donors (Lipinski definition) is 3. The van der Waals surface area contributed by atoms with Gasteiger partial charge < -0.3 is 30.2 Å². The van der Waals surface area contributed by atoms with Crippen LogP contribution in [0.1, 0.15) is 11.1 Å². The minimum atomic E-state index is -1.22. The number of benzene rings is 2. The third kappa shape index (κ3) is 4.88. The molecular weight excluding hydrogens is 334 g/mol. The van der Waals surface area contributed by atoms with E-state index in [9.17, 15) is 10.2 Å². The average molecular weight is 359 g/mol. The molecule has 0 bridgehead atoms. The Morgan fingerprint density at radius 3 is 2.08 bits per heavy atom. The Balaban J connectivity index is 1.55. The third-order valence-corrected chi connectivity index (χ3v) is 4.42. The minimum absolute atomic E-state index is 0.130. The van der Waals surface area contributed by atoms with Crippen molar-refractivity contribution in [2.24, 2.45) is 5.73 Å². The molecule has 3 rings (SSSR count). The fourth-order valence-electron chi connectivity index (χ4n) is 2.93. The molecule has 1 aliphatic rings. The van der Waals surface area contributed by atoms with Crippen molar-refractivity contribution in [3.8, 4) is 0 Å². The second-order valence-corrected chi connectivity index (χ2v) is 6.39. The van der Waals surface area contributed by atoms with Gasteiger partial charge in [0.25, 0.3) is 0 Å². The lowest BCUT2D eigenvalue weighted by Crippen LogP contribution is -2.62. The van der Waals surface area contributed by atoms with Gasteiger partial charge in [-0.15, -0.1) is 0 Å². The zero-order chi connectivity index (χ0) is 18.4. The van der Waals surface area contributed by atoms with Crippen molar-refractivity contribution in [3.05, 3.63) is 71.8 Å². The van der Waals surface area contributed by atoms with E-state index in [0.29, 0.717) is 13.2 Å². The summed E-state index contributed by atoms with van der Waals surface area (Å²) < 4.78 is 16.8. The molecule has 0 spiro atoms. The minimum Gasteiger partial charge on any atom is -0.388 e. The zero-order valence-corrected chi connectivity index (χ0v) is 14.5. The first-order chi connectivity index (χ1) is 12.6. The maximum absolute atomic E-state index is 10.6. The van der Waals surface area contributed by atoms with Gasteiger partial charge >= 0.3 is 0 Å². The molecule has 26 heavy (non-hydrogen) atoms. The van der Waals surface area contributed by atoms with Gasteiger partial charge in [-0.1, -0.05) is 60.7 Å². The molecule has 0 unspecified atom stereocenters. The van der Waals surface area contributed by atoms with Gasteiger partial charge in [0.1, 0.15) is 18.3 Å². The van der Waals surface area contributed by atoms with Gasteiger partial charge in [0.05, 0.1) is 25.9 Å². The SMILES string of the molecule is N[C@@H]1[C@@H](OCc2ccccc2)[C@H](O)[C@@H](COCc2ccccc2)O[C@H]1O. The zero-order valence-electron chi connectivity index (χ0n) is 14.5. The molecule has 0 aromatic heterocycles. The molecule has 2 aromatic carbocycles. The average Bonchev–Trinajstić information content (AvgIpc) is 2.67. The van der Waals surface area contributed by atoms with Gasteiger partial charge in [0, 0.05) is 0 Å². The van der Waals surface area contributed by atoms with Crippen molar-refractivity contribution in [1.82, 2.24) is 0 Å². The molecule has 0 aliphatic carbocycles. The lowest BCUT2D eigenvalue weighted by atomic mass is 9.97. The second-order valence-electron chi connectivity index (χ2n) is 6.39. The topological polar surface area (TPSA) is 94.2 Å². The Morgan fingerprint density at radius 1 is 0.885 bits per heavy atom. The summed E-state index contributed by atoms with van der Waals surface area (Å²) in [6.45, 7) is 0.816. The fourth-order valence-corrected chi connectivity index (χ4v) is 2.93. The summed E-state index contributed by atoms with van der Waals surface area (Å²) in [6.07, 6.45) is -3.67. The van der Waals surface area contributed by atoms with Gasteiger partial charge in [0.15, 0.2) is 6.29 Å². The molecule has 6 heteroatoms. The Labute approximate surface area is 153 Å². The highest BCUT2D eigenvalue weighted by molar-refractivity contribution is 5.14. The first-order valence-electron chi connectivity index (χ1n) is 8.69. The summed E-state index contributed by atoms with van der Waals surface area (Å²) >= 11 is 0. The van der Waals surface area contributed by atoms with Crippen LogP contribution in [0.3, 0.4) is 0 Å². The van der Waals surface area contributed by atoms with E-state index in [2.05, 4.69) is 0 Å². The molecule has 4 N–H and O–H groups in total. The Kier molecular flexibility index (Phi) is 6.73. The Bertz CT molecular complexity index is 654. The van der Waals surface area contributed by atoms with Crippen LogP contribution in [-0.4, -0.2) is 47.5 Å². The summed E-state index contributed by atoms with van der Waals surface area (Å²) in [5, 5.41) is 20.6. The van der Waals surface area contributed by atoms with Crippen molar-refractivity contribution in [3.63, 3.8) is 0 Å². The fraction of sp³-hybridized carbons (Fsp3) is 0.400. The van der Waals surface area contributed by atoms with Crippen molar-refractivity contribution < 1.29 is 24.4 Å². The van der Waals surface area contributed by atoms with E-state index in [4.69, 9.17) is 19.9 Å². The molecule has 1 heterocycles. The Hall–Kier alpha value is -1.80. The van der Waals surface area contributed by atoms with Crippen LogP contribution in [0.2, 0.25) is 0 Å². The monoisotopic (exact) mass is 359 g/mol. The van der Waals surface area contributed by atoms with Crippen LogP contribution in [0.5, 0.6) is 0 Å². The van der Waals surface area contributed by atoms with Crippen molar-refractivity contribution >= 4 is 0 Å². The summed E-state index contributed by atoms with van der Waals surface area (Å²) in [7, 11) is 0. The van der Waals surface area contributed by atoms with Gasteiger partial charge in [-0.3, -0.25) is 0 Å². The van der Waals surface area contributed by atoms with Crippen LogP contribution in [0, 0.1) is 0 Å². The van der Waals surface area contributed by atoms with Crippen LogP contribution in [0.25, 0.3) is 0 Å². The molecule has 1 aliphatic heterocycles. The standard InChI is InChI=1S/C20H25NO5/c21-17-19(25-12-15-9-5-2-6-10-15)18(22)16(26-20(17)23)13-24-11-14-7-3-1-4-8-14/h1-10,16-20,22-23H,11-13,21H2/t16-,17-,18-,19-,20-/m1/s1. The van der Waals surface area contributed by atoms with Gasteiger partial charge in [0.2, 0.25) is 0 Å². The van der Waals surface area contributed by atoms with Gasteiger partial charge in [-0.25, -0.2) is 0 Å². The summed E-state index contributed by atoms with van der Waals surface area (Å²) in [5.41, 5.74) is 7.94. The first kappa shape index (κ1) is 19.0. The predicted molar refractivity (Wildman–Crippen MR) is 96.0 cm³/mol. The molecule has 1 saturated heterocycles. The van der Waals surface area contributed by atoms with Crippen molar-refractivity contribution in [1.29, 1.82) is 0 Å². The maximum atomic E-state index is 10.6. The normalized spacial score (nSPS) is 28.8. The highest BCUT2D eigenvalue weighted by Gasteiger charge is 2.43. The highest BCUT2D eigenvalue weighted by atomic mass is 16.6. The number of ether oxygens (including phenoxy) is 3. The van der Waals surface area contributed by atoms with E-state index >= 15 is 0 Å². The molecule has 6 nitrogen and oxygen atoms in total. The number of hydrogen-bond acceptors (Lipinski definition) is 6. The second kappa shape index (κ2) is 9.23. The lowest BCUT2D eigenvalue weighted by molar-refractivity contribution is -0.262. The highest BCUT2D eigenvalue weighted by Crippen LogP contribution is 2.23. The van der Waals surface area contributed by atoms with Crippen LogP contribution in [0.4, 0.5) is 0 Å². The number of rotatable bonds is 7. The summed E-state index contributed by atoms with van der Waals surface area (Å²) in [6, 6.07) is 18.5. The van der Waals surface area contributed by atoms with E-state index in [1.54, 1.807) is 0 Å². The molecule has 0 amide bonds. The summed E-state index contributed by atoms with van der Waals surface area (Å²) in [5.74, 6) is 0. The van der Waals surface area contributed by atoms with Crippen LogP contribution < -0.4 is 5.73 Å². The Morgan fingerprint density at radius 2 is 1.46 bits per heavy atom. The van der Waals surface area contributed by atoms with E-state index in [-0.39, 0.29) is 6.61 Å². The van der Waals surface area contributed by atoms with Gasteiger partial charge in [-0.2, -0.15) is 0 Å². The molecule has 0 radical (unpaired) electrons. The first-order valence-corrected chi connectivity index (χ1v) is 8.69. The third-order valence-electron chi connectivity index (χ3n) is 4.42. The number of aliphatic hydroxyl groups is 2. The largest absolute Gasteiger partial charge is 0.388 e. The lowest BCUT2D eigenvalue weighted by Gasteiger charge is -2.41. The summed E-state index contributed by atoms with van der Waals surface area (Å²) in [4.78, 5) is 0. The molecule has 5 atom stereocenters. The molecular formula is C20H25NO5. The van der Waals surface area contributed by atoms with Crippen LogP contribution in [-0.2, 0) is 27.4 Å². The van der Waals surface area contributed by atoms with E-state index in [1.165, 1.54) is 0 Å². The van der Waals surface area contributed by atoms with Crippen LogP contribution in [0.15, 0.2) is 60.7 Å². The number of nitrogens with two attached hydrogens (primary N) is 1. The smallest absolute Gasteiger partial charge is 0.173 e. The molecule has 140 valence electrons. The van der Waals surface area contributed by atoms with Crippen molar-refractivity contribution in [2.75, 3.05) is 6.61 Å². The molecule has 2 aromatic rings. The van der Waals surface area contributed by atoms with Gasteiger partial charge in [-0.05, 0) is 11.1 Å². The van der Waals surface area contributed by atoms with E-state index in [0.717, 1.165) is 11.1 Å². The van der Waals surface area contributed by atoms with Crippen molar-refractivity contribution in [2.45, 2.75) is 43.9 Å².